The number of amides is 1. The van der Waals surface area contributed by atoms with Crippen LogP contribution in [-0.4, -0.2) is 50.1 Å². The number of fused-ring (bicyclic) bond motifs is 2. The van der Waals surface area contributed by atoms with Crippen molar-refractivity contribution in [1.29, 1.82) is 5.26 Å². The number of rotatable bonds is 6. The van der Waals surface area contributed by atoms with Crippen LogP contribution in [0, 0.1) is 11.3 Å². The van der Waals surface area contributed by atoms with Crippen molar-refractivity contribution in [2.45, 2.75) is 32.3 Å². The first-order valence-corrected chi connectivity index (χ1v) is 10.9. The Kier molecular flexibility index (Phi) is 5.74. The van der Waals surface area contributed by atoms with Gasteiger partial charge in [-0.2, -0.15) is 5.26 Å². The highest BCUT2D eigenvalue weighted by Crippen LogP contribution is 2.38. The Balaban J connectivity index is 1.35. The van der Waals surface area contributed by atoms with Gasteiger partial charge in [-0.15, -0.1) is 11.3 Å². The number of likely N-dealkylation sites (N-methyl/N-ethyl adjacent to an activating group) is 2. The van der Waals surface area contributed by atoms with Gasteiger partial charge in [-0.3, -0.25) is 9.69 Å². The van der Waals surface area contributed by atoms with Crippen LogP contribution >= 0.6 is 11.3 Å². The molecule has 152 valence electrons. The van der Waals surface area contributed by atoms with E-state index < -0.39 is 0 Å². The average molecular weight is 411 g/mol. The second kappa shape index (κ2) is 8.44. The zero-order chi connectivity index (χ0) is 20.4. The summed E-state index contributed by atoms with van der Waals surface area (Å²) in [4.78, 5) is 18.1. The summed E-state index contributed by atoms with van der Waals surface area (Å²) in [5.41, 5.74) is 2.92. The Morgan fingerprint density at radius 1 is 1.41 bits per heavy atom. The van der Waals surface area contributed by atoms with Gasteiger partial charge >= 0.3 is 0 Å². The Hall–Kier alpha value is -2.56. The van der Waals surface area contributed by atoms with E-state index in [4.69, 9.17) is 4.74 Å². The number of nitriles is 1. The lowest BCUT2D eigenvalue weighted by molar-refractivity contribution is -0.117. The summed E-state index contributed by atoms with van der Waals surface area (Å²) in [5, 5.41) is 13.1. The summed E-state index contributed by atoms with van der Waals surface area (Å²) < 4.78 is 6.16. The van der Waals surface area contributed by atoms with Crippen LogP contribution in [0.15, 0.2) is 24.3 Å². The van der Waals surface area contributed by atoms with Crippen molar-refractivity contribution in [3.63, 3.8) is 0 Å². The number of carbonyl (C=O) groups excluding carboxylic acids is 1. The fourth-order valence-electron chi connectivity index (χ4n) is 4.21. The number of hydrogen-bond donors (Lipinski definition) is 1. The molecule has 1 aromatic heterocycles. The molecule has 1 aliphatic heterocycles. The van der Waals surface area contributed by atoms with Gasteiger partial charge in [-0.05, 0) is 50.9 Å². The minimum atomic E-state index is -0.0903. The minimum absolute atomic E-state index is 0.00265. The van der Waals surface area contributed by atoms with E-state index >= 15 is 0 Å². The zero-order valence-electron chi connectivity index (χ0n) is 16.9. The predicted octanol–water partition coefficient (Wildman–Crippen LogP) is 3.27. The lowest BCUT2D eigenvalue weighted by Gasteiger charge is -2.37. The van der Waals surface area contributed by atoms with Gasteiger partial charge in [0.05, 0.1) is 24.3 Å². The van der Waals surface area contributed by atoms with E-state index in [1.165, 1.54) is 4.88 Å². The molecular weight excluding hydrogens is 384 g/mol. The number of benzene rings is 1. The number of nitrogens with one attached hydrogen (secondary N) is 1. The van der Waals surface area contributed by atoms with Crippen molar-refractivity contribution < 1.29 is 9.53 Å². The number of thiophene rings is 1. The summed E-state index contributed by atoms with van der Waals surface area (Å²) >= 11 is 1.56. The van der Waals surface area contributed by atoms with Crippen LogP contribution in [-0.2, 0) is 17.6 Å². The van der Waals surface area contributed by atoms with Crippen molar-refractivity contribution in [2.24, 2.45) is 0 Å². The Morgan fingerprint density at radius 2 is 2.24 bits per heavy atom. The summed E-state index contributed by atoms with van der Waals surface area (Å²) in [6.45, 7) is 4.78. The molecule has 1 atom stereocenters. The minimum Gasteiger partial charge on any atom is -0.485 e. The predicted molar refractivity (Wildman–Crippen MR) is 116 cm³/mol. The Morgan fingerprint density at radius 3 is 3.03 bits per heavy atom. The zero-order valence-corrected chi connectivity index (χ0v) is 17.7. The molecule has 2 aliphatic rings. The van der Waals surface area contributed by atoms with Crippen LogP contribution in [0.1, 0.15) is 29.3 Å². The highest BCUT2D eigenvalue weighted by Gasteiger charge is 2.27. The van der Waals surface area contributed by atoms with E-state index in [-0.39, 0.29) is 18.6 Å². The maximum atomic E-state index is 12.6. The monoisotopic (exact) mass is 410 g/mol. The van der Waals surface area contributed by atoms with Gasteiger partial charge in [-0.25, -0.2) is 0 Å². The molecule has 1 unspecified atom stereocenters. The van der Waals surface area contributed by atoms with Crippen molar-refractivity contribution in [2.75, 3.05) is 43.4 Å². The van der Waals surface area contributed by atoms with E-state index in [1.54, 1.807) is 11.3 Å². The van der Waals surface area contributed by atoms with Crippen LogP contribution in [0.25, 0.3) is 0 Å². The maximum absolute atomic E-state index is 12.6. The van der Waals surface area contributed by atoms with E-state index in [2.05, 4.69) is 29.3 Å². The van der Waals surface area contributed by atoms with E-state index in [9.17, 15) is 10.1 Å². The average Bonchev–Trinajstić information content (AvgIpc) is 3.27. The fourth-order valence-corrected chi connectivity index (χ4v) is 5.46. The number of carbonyl (C=O) groups is 1. The first kappa shape index (κ1) is 19.7. The molecule has 6 nitrogen and oxygen atoms in total. The molecule has 0 bridgehead atoms. The first-order chi connectivity index (χ1) is 14.1. The van der Waals surface area contributed by atoms with Gasteiger partial charge in [0.2, 0.25) is 5.91 Å². The number of hydrogen-bond acceptors (Lipinski definition) is 6. The number of nitrogens with zero attached hydrogens (tertiary/aromatic N) is 3. The normalized spacial score (nSPS) is 17.4. The molecule has 7 heteroatoms. The van der Waals surface area contributed by atoms with Crippen LogP contribution < -0.4 is 15.0 Å². The highest BCUT2D eigenvalue weighted by atomic mass is 32.1. The molecule has 1 N–H and O–H groups in total. The molecule has 0 spiro atoms. The molecule has 29 heavy (non-hydrogen) atoms. The van der Waals surface area contributed by atoms with E-state index in [0.717, 1.165) is 49.4 Å². The van der Waals surface area contributed by atoms with Gasteiger partial charge in [0, 0.05) is 18.0 Å². The maximum Gasteiger partial charge on any atom is 0.239 e. The number of ether oxygens (including phenoxy) is 1. The second-order valence-corrected chi connectivity index (χ2v) is 8.77. The summed E-state index contributed by atoms with van der Waals surface area (Å²) in [7, 11) is 1.93. The van der Waals surface area contributed by atoms with Gasteiger partial charge < -0.3 is 15.0 Å². The molecule has 0 radical (unpaired) electrons. The first-order valence-electron chi connectivity index (χ1n) is 10.1. The van der Waals surface area contributed by atoms with Crippen LogP contribution in [0.5, 0.6) is 5.75 Å². The smallest absolute Gasteiger partial charge is 0.239 e. The van der Waals surface area contributed by atoms with Crippen LogP contribution in [0.2, 0.25) is 0 Å². The topological polar surface area (TPSA) is 68.6 Å². The summed E-state index contributed by atoms with van der Waals surface area (Å²) in [5.74, 6) is 0.808. The molecule has 2 aromatic rings. The lowest BCUT2D eigenvalue weighted by Crippen LogP contribution is -2.46. The molecule has 0 saturated carbocycles. The molecular formula is C22H26N4O2S. The van der Waals surface area contributed by atoms with Gasteiger partial charge in [-0.1, -0.05) is 12.1 Å². The van der Waals surface area contributed by atoms with Crippen molar-refractivity contribution >= 4 is 27.9 Å². The largest absolute Gasteiger partial charge is 0.485 e. The number of aryl methyl sites for hydroxylation is 1. The SMILES string of the molecule is CCN1CC(CN(C)CC(=O)Nc2sc3c(c2C#N)CCC3)Oc2ccccc21. The van der Waals surface area contributed by atoms with Gasteiger partial charge in [0.25, 0.3) is 0 Å². The Bertz CT molecular complexity index is 949. The highest BCUT2D eigenvalue weighted by molar-refractivity contribution is 7.16. The molecule has 1 aromatic carbocycles. The van der Waals surface area contributed by atoms with E-state index in [1.807, 2.05) is 30.1 Å². The summed E-state index contributed by atoms with van der Waals surface area (Å²) in [6.07, 6.45) is 3.06. The third-order valence-corrected chi connectivity index (χ3v) is 6.73. The fraction of sp³-hybridized carbons (Fsp3) is 0.455. The molecule has 0 fully saturated rings. The molecule has 2 heterocycles. The molecule has 1 aliphatic carbocycles. The van der Waals surface area contributed by atoms with Gasteiger partial charge in [0.1, 0.15) is 22.9 Å². The standard InChI is InChI=1S/C22H26N4O2S/c1-3-26-13-15(28-19-9-5-4-8-18(19)26)12-25(2)14-21(27)24-22-17(11-23)16-7-6-10-20(16)29-22/h4-5,8-9,15H,3,6-7,10,12-14H2,1-2H3,(H,24,27). The number of para-hydroxylation sites is 2. The summed E-state index contributed by atoms with van der Waals surface area (Å²) in [6, 6.07) is 10.4. The molecule has 4 rings (SSSR count). The van der Waals surface area contributed by atoms with Crippen molar-refractivity contribution in [3.8, 4) is 11.8 Å². The second-order valence-electron chi connectivity index (χ2n) is 7.66. The van der Waals surface area contributed by atoms with E-state index in [0.29, 0.717) is 17.1 Å². The van der Waals surface area contributed by atoms with Crippen LogP contribution in [0.3, 0.4) is 0 Å². The third-order valence-electron chi connectivity index (χ3n) is 5.52. The third kappa shape index (κ3) is 4.09. The van der Waals surface area contributed by atoms with Crippen molar-refractivity contribution in [1.82, 2.24) is 4.90 Å². The quantitative estimate of drug-likeness (QED) is 0.792. The Labute approximate surface area is 175 Å². The van der Waals surface area contributed by atoms with Gasteiger partial charge in [0.15, 0.2) is 0 Å². The lowest BCUT2D eigenvalue weighted by atomic mass is 10.1. The number of anilines is 2. The van der Waals surface area contributed by atoms with Crippen LogP contribution in [0.4, 0.5) is 10.7 Å². The molecule has 1 amide bonds. The van der Waals surface area contributed by atoms with Crippen molar-refractivity contribution in [3.05, 3.63) is 40.3 Å². The molecule has 0 saturated heterocycles.